The summed E-state index contributed by atoms with van der Waals surface area (Å²) in [6.07, 6.45) is 3.88. The lowest BCUT2D eigenvalue weighted by Gasteiger charge is -2.20. The minimum atomic E-state index is -2.77. The monoisotopic (exact) mass is 269 g/mol. The van der Waals surface area contributed by atoms with E-state index in [9.17, 15) is 8.78 Å². The van der Waals surface area contributed by atoms with Gasteiger partial charge in [0.15, 0.2) is 0 Å². The number of halogens is 2. The Morgan fingerprint density at radius 3 is 2.68 bits per heavy atom. The van der Waals surface area contributed by atoms with Gasteiger partial charge in [0.1, 0.15) is 5.75 Å². The molecule has 0 bridgehead atoms. The van der Waals surface area contributed by atoms with Gasteiger partial charge in [-0.1, -0.05) is 25.0 Å². The van der Waals surface area contributed by atoms with Crippen molar-refractivity contribution in [1.82, 2.24) is 5.32 Å². The van der Waals surface area contributed by atoms with Gasteiger partial charge in [-0.25, -0.2) is 0 Å². The zero-order valence-corrected chi connectivity index (χ0v) is 11.4. The molecule has 1 fully saturated rings. The van der Waals surface area contributed by atoms with Gasteiger partial charge in [0.25, 0.3) is 0 Å². The van der Waals surface area contributed by atoms with E-state index in [4.69, 9.17) is 0 Å². The molecule has 0 spiro atoms. The Labute approximate surface area is 113 Å². The second kappa shape index (κ2) is 6.33. The van der Waals surface area contributed by atoms with Crippen LogP contribution >= 0.6 is 0 Å². The summed E-state index contributed by atoms with van der Waals surface area (Å²) < 4.78 is 28.8. The van der Waals surface area contributed by atoms with E-state index in [2.05, 4.69) is 17.0 Å². The van der Waals surface area contributed by atoms with Crippen molar-refractivity contribution in [1.29, 1.82) is 0 Å². The molecule has 1 aromatic rings. The van der Waals surface area contributed by atoms with E-state index in [1.807, 2.05) is 13.0 Å². The lowest BCUT2D eigenvalue weighted by molar-refractivity contribution is -0.0499. The van der Waals surface area contributed by atoms with Crippen LogP contribution in [0.3, 0.4) is 0 Å². The highest BCUT2D eigenvalue weighted by molar-refractivity contribution is 5.30. The van der Waals surface area contributed by atoms with Gasteiger partial charge >= 0.3 is 6.61 Å². The number of rotatable bonds is 7. The zero-order chi connectivity index (χ0) is 13.8. The predicted octanol–water partition coefficient (Wildman–Crippen LogP) is 4.13. The first-order valence-corrected chi connectivity index (χ1v) is 6.85. The molecule has 2 unspecified atom stereocenters. The van der Waals surface area contributed by atoms with Crippen molar-refractivity contribution in [2.75, 3.05) is 0 Å². The molecule has 2 atom stereocenters. The number of nitrogens with one attached hydrogen (secondary N) is 1. The van der Waals surface area contributed by atoms with Crippen LogP contribution in [0.25, 0.3) is 0 Å². The normalized spacial score (nSPS) is 18.4. The van der Waals surface area contributed by atoms with Crippen molar-refractivity contribution in [2.24, 2.45) is 5.92 Å². The Hall–Kier alpha value is -1.16. The van der Waals surface area contributed by atoms with Crippen LogP contribution in [-0.4, -0.2) is 12.7 Å². The van der Waals surface area contributed by atoms with Crippen LogP contribution in [0.15, 0.2) is 24.3 Å². The van der Waals surface area contributed by atoms with Crippen molar-refractivity contribution in [3.8, 4) is 5.75 Å². The summed E-state index contributed by atoms with van der Waals surface area (Å²) in [5.41, 5.74) is 0.973. The van der Waals surface area contributed by atoms with E-state index in [1.54, 1.807) is 18.2 Å². The fourth-order valence-electron chi connectivity index (χ4n) is 2.40. The third-order valence-corrected chi connectivity index (χ3v) is 3.50. The number of ether oxygens (including phenoxy) is 1. The number of hydrogen-bond donors (Lipinski definition) is 1. The fourth-order valence-corrected chi connectivity index (χ4v) is 2.40. The van der Waals surface area contributed by atoms with Gasteiger partial charge in [-0.2, -0.15) is 8.78 Å². The third-order valence-electron chi connectivity index (χ3n) is 3.50. The maximum Gasteiger partial charge on any atom is 0.387 e. The van der Waals surface area contributed by atoms with Gasteiger partial charge < -0.3 is 10.1 Å². The van der Waals surface area contributed by atoms with Crippen LogP contribution < -0.4 is 10.1 Å². The van der Waals surface area contributed by atoms with E-state index in [0.717, 1.165) is 11.5 Å². The number of benzene rings is 1. The average molecular weight is 269 g/mol. The van der Waals surface area contributed by atoms with Crippen molar-refractivity contribution in [2.45, 2.75) is 51.8 Å². The first-order valence-electron chi connectivity index (χ1n) is 6.85. The van der Waals surface area contributed by atoms with E-state index in [0.29, 0.717) is 6.04 Å². The van der Waals surface area contributed by atoms with Crippen LogP contribution in [0.1, 0.15) is 44.7 Å². The standard InChI is InChI=1S/C15H21F2NO/c1-10(8-12-6-7-12)18-11(2)13-4-3-5-14(9-13)19-15(16)17/h3-5,9-12,15,18H,6-8H2,1-2H3. The van der Waals surface area contributed by atoms with Crippen LogP contribution in [0.2, 0.25) is 0 Å². The molecule has 1 aliphatic carbocycles. The molecule has 2 nitrogen and oxygen atoms in total. The molecule has 19 heavy (non-hydrogen) atoms. The van der Waals surface area contributed by atoms with Crippen LogP contribution in [-0.2, 0) is 0 Å². The molecule has 1 aromatic carbocycles. The Morgan fingerprint density at radius 2 is 2.05 bits per heavy atom. The summed E-state index contributed by atoms with van der Waals surface area (Å²) >= 11 is 0. The number of hydrogen-bond acceptors (Lipinski definition) is 2. The fraction of sp³-hybridized carbons (Fsp3) is 0.600. The molecule has 0 heterocycles. The summed E-state index contributed by atoms with van der Waals surface area (Å²) in [7, 11) is 0. The highest BCUT2D eigenvalue weighted by Crippen LogP contribution is 2.34. The summed E-state index contributed by atoms with van der Waals surface area (Å²) in [4.78, 5) is 0. The first-order chi connectivity index (χ1) is 9.04. The highest BCUT2D eigenvalue weighted by Gasteiger charge is 2.24. The second-order valence-electron chi connectivity index (χ2n) is 5.42. The predicted molar refractivity (Wildman–Crippen MR) is 71.4 cm³/mol. The molecule has 0 aliphatic heterocycles. The molecule has 1 saturated carbocycles. The van der Waals surface area contributed by atoms with Crippen molar-refractivity contribution >= 4 is 0 Å². The lowest BCUT2D eigenvalue weighted by Crippen LogP contribution is -2.29. The molecule has 0 saturated heterocycles. The van der Waals surface area contributed by atoms with Gasteiger partial charge in [-0.05, 0) is 43.9 Å². The van der Waals surface area contributed by atoms with E-state index < -0.39 is 6.61 Å². The third kappa shape index (κ3) is 4.78. The minimum absolute atomic E-state index is 0.134. The molecule has 2 rings (SSSR count). The number of alkyl halides is 2. The molecular formula is C15H21F2NO. The first kappa shape index (κ1) is 14.3. The molecule has 0 radical (unpaired) electrons. The Kier molecular flexibility index (Phi) is 4.75. The quantitative estimate of drug-likeness (QED) is 0.803. The van der Waals surface area contributed by atoms with Crippen molar-refractivity contribution < 1.29 is 13.5 Å². The summed E-state index contributed by atoms with van der Waals surface area (Å²) in [5, 5.41) is 3.50. The minimum Gasteiger partial charge on any atom is -0.435 e. The maximum atomic E-state index is 12.2. The Bertz CT molecular complexity index is 407. The zero-order valence-electron chi connectivity index (χ0n) is 11.4. The molecular weight excluding hydrogens is 248 g/mol. The largest absolute Gasteiger partial charge is 0.435 e. The summed E-state index contributed by atoms with van der Waals surface area (Å²) in [5.74, 6) is 1.10. The smallest absolute Gasteiger partial charge is 0.387 e. The van der Waals surface area contributed by atoms with Gasteiger partial charge in [0, 0.05) is 12.1 Å². The van der Waals surface area contributed by atoms with E-state index in [-0.39, 0.29) is 11.8 Å². The summed E-state index contributed by atoms with van der Waals surface area (Å²) in [6.45, 7) is 1.45. The maximum absolute atomic E-state index is 12.2. The van der Waals surface area contributed by atoms with Crippen LogP contribution in [0, 0.1) is 5.92 Å². The van der Waals surface area contributed by atoms with E-state index >= 15 is 0 Å². The molecule has 1 N–H and O–H groups in total. The van der Waals surface area contributed by atoms with Crippen LogP contribution in [0.4, 0.5) is 8.78 Å². The van der Waals surface area contributed by atoms with Gasteiger partial charge in [-0.15, -0.1) is 0 Å². The van der Waals surface area contributed by atoms with Gasteiger partial charge in [-0.3, -0.25) is 0 Å². The lowest BCUT2D eigenvalue weighted by atomic mass is 10.1. The molecule has 0 amide bonds. The van der Waals surface area contributed by atoms with Crippen LogP contribution in [0.5, 0.6) is 5.75 Å². The van der Waals surface area contributed by atoms with E-state index in [1.165, 1.54) is 19.3 Å². The topological polar surface area (TPSA) is 21.3 Å². The Balaban J connectivity index is 1.91. The molecule has 4 heteroatoms. The van der Waals surface area contributed by atoms with Crippen molar-refractivity contribution in [3.63, 3.8) is 0 Å². The van der Waals surface area contributed by atoms with Gasteiger partial charge in [0.2, 0.25) is 0 Å². The Morgan fingerprint density at radius 1 is 1.32 bits per heavy atom. The molecule has 0 aromatic heterocycles. The SMILES string of the molecule is CC(CC1CC1)NC(C)c1cccc(OC(F)F)c1. The highest BCUT2D eigenvalue weighted by atomic mass is 19.3. The molecule has 106 valence electrons. The second-order valence-corrected chi connectivity index (χ2v) is 5.42. The van der Waals surface area contributed by atoms with Crippen molar-refractivity contribution in [3.05, 3.63) is 29.8 Å². The van der Waals surface area contributed by atoms with Gasteiger partial charge in [0.05, 0.1) is 0 Å². The molecule has 1 aliphatic rings. The summed E-state index contributed by atoms with van der Waals surface area (Å²) in [6, 6.07) is 7.48. The average Bonchev–Trinajstić information content (AvgIpc) is 3.12.